The highest BCUT2D eigenvalue weighted by Gasteiger charge is 2.10. The van der Waals surface area contributed by atoms with Gasteiger partial charge in [0.15, 0.2) is 0 Å². The zero-order valence-electron chi connectivity index (χ0n) is 7.66. The summed E-state index contributed by atoms with van der Waals surface area (Å²) in [6.07, 6.45) is 8.58. The molecule has 0 aliphatic heterocycles. The van der Waals surface area contributed by atoms with E-state index >= 15 is 0 Å². The van der Waals surface area contributed by atoms with Crippen LogP contribution in [0.2, 0.25) is 0 Å². The maximum Gasteiger partial charge on any atom is 0.0303 e. The van der Waals surface area contributed by atoms with Gasteiger partial charge in [-0.2, -0.15) is 0 Å². The van der Waals surface area contributed by atoms with Crippen LogP contribution in [0.1, 0.15) is 19.8 Å². The molecule has 0 saturated heterocycles. The summed E-state index contributed by atoms with van der Waals surface area (Å²) in [5, 5.41) is 0. The Bertz CT molecular complexity index is 194. The number of rotatable bonds is 3. The minimum atomic E-state index is 0.133. The van der Waals surface area contributed by atoms with E-state index in [-0.39, 0.29) is 6.04 Å². The molecule has 2 unspecified atom stereocenters. The lowest BCUT2D eigenvalue weighted by molar-refractivity contribution is 0.668. The van der Waals surface area contributed by atoms with E-state index in [9.17, 15) is 0 Å². The molecular weight excluding hydrogens is 148 g/mol. The van der Waals surface area contributed by atoms with Gasteiger partial charge in [-0.05, 0) is 30.9 Å². The van der Waals surface area contributed by atoms with Crippen LogP contribution in [0.15, 0.2) is 23.8 Å². The predicted molar refractivity (Wildman–Crippen MR) is 52.7 cm³/mol. The lowest BCUT2D eigenvalue weighted by Crippen LogP contribution is -2.26. The third kappa shape index (κ3) is 2.47. The van der Waals surface area contributed by atoms with Crippen molar-refractivity contribution in [2.24, 2.45) is 17.4 Å². The fraction of sp³-hybridized carbons (Fsp3) is 0.600. The summed E-state index contributed by atoms with van der Waals surface area (Å²) in [4.78, 5) is 0. The molecule has 0 fully saturated rings. The summed E-state index contributed by atoms with van der Waals surface area (Å²) in [6.45, 7) is 2.87. The highest BCUT2D eigenvalue weighted by molar-refractivity contribution is 5.28. The van der Waals surface area contributed by atoms with Gasteiger partial charge in [0.25, 0.3) is 0 Å². The Morgan fingerprint density at radius 3 is 3.00 bits per heavy atom. The molecule has 68 valence electrons. The average Bonchev–Trinajstić information content (AvgIpc) is 2.05. The molecule has 12 heavy (non-hydrogen) atoms. The van der Waals surface area contributed by atoms with Gasteiger partial charge < -0.3 is 11.5 Å². The molecule has 0 aromatic heterocycles. The first-order valence-corrected chi connectivity index (χ1v) is 4.58. The van der Waals surface area contributed by atoms with Crippen LogP contribution in [0.25, 0.3) is 0 Å². The largest absolute Gasteiger partial charge is 0.330 e. The van der Waals surface area contributed by atoms with Crippen LogP contribution < -0.4 is 11.5 Å². The van der Waals surface area contributed by atoms with Crippen molar-refractivity contribution in [3.8, 4) is 0 Å². The van der Waals surface area contributed by atoms with E-state index in [2.05, 4.69) is 25.2 Å². The Kier molecular flexibility index (Phi) is 3.50. The molecule has 1 aliphatic rings. The van der Waals surface area contributed by atoms with Crippen LogP contribution >= 0.6 is 0 Å². The molecule has 0 bridgehead atoms. The van der Waals surface area contributed by atoms with Crippen molar-refractivity contribution in [3.05, 3.63) is 23.8 Å². The normalized spacial score (nSPS) is 25.2. The SMILES string of the molecule is CC1C=C(C(N)CCN)C=CC1. The first-order chi connectivity index (χ1) is 5.74. The molecule has 2 heteroatoms. The molecular formula is C10H18N2. The molecule has 0 aromatic rings. The first-order valence-electron chi connectivity index (χ1n) is 4.58. The van der Waals surface area contributed by atoms with Gasteiger partial charge in [-0.25, -0.2) is 0 Å². The van der Waals surface area contributed by atoms with Gasteiger partial charge >= 0.3 is 0 Å². The number of allylic oxidation sites excluding steroid dienone is 2. The van der Waals surface area contributed by atoms with Gasteiger partial charge in [-0.1, -0.05) is 25.2 Å². The number of hydrogen-bond acceptors (Lipinski definition) is 2. The zero-order valence-corrected chi connectivity index (χ0v) is 7.66. The molecule has 0 heterocycles. The van der Waals surface area contributed by atoms with E-state index in [0.717, 1.165) is 12.8 Å². The van der Waals surface area contributed by atoms with Crippen LogP contribution in [0.3, 0.4) is 0 Å². The van der Waals surface area contributed by atoms with Gasteiger partial charge in [-0.3, -0.25) is 0 Å². The van der Waals surface area contributed by atoms with E-state index in [1.807, 2.05) is 0 Å². The maximum absolute atomic E-state index is 5.92. The summed E-state index contributed by atoms with van der Waals surface area (Å²) < 4.78 is 0. The van der Waals surface area contributed by atoms with Crippen LogP contribution in [0, 0.1) is 5.92 Å². The fourth-order valence-electron chi connectivity index (χ4n) is 1.46. The molecule has 0 saturated carbocycles. The second-order valence-corrected chi connectivity index (χ2v) is 3.47. The van der Waals surface area contributed by atoms with Crippen molar-refractivity contribution in [2.45, 2.75) is 25.8 Å². The quantitative estimate of drug-likeness (QED) is 0.661. The summed E-state index contributed by atoms with van der Waals surface area (Å²) in [5.41, 5.74) is 12.6. The van der Waals surface area contributed by atoms with E-state index < -0.39 is 0 Å². The predicted octanol–water partition coefficient (Wildman–Crippen LogP) is 1.18. The van der Waals surface area contributed by atoms with Crippen molar-refractivity contribution < 1.29 is 0 Å². The number of nitrogens with two attached hydrogens (primary N) is 2. The Balaban J connectivity index is 2.55. The molecule has 2 nitrogen and oxygen atoms in total. The van der Waals surface area contributed by atoms with Gasteiger partial charge in [0.05, 0.1) is 0 Å². The Morgan fingerprint density at radius 2 is 2.42 bits per heavy atom. The lowest BCUT2D eigenvalue weighted by Gasteiger charge is -2.17. The molecule has 0 radical (unpaired) electrons. The summed E-state index contributed by atoms with van der Waals surface area (Å²) in [6, 6.07) is 0.133. The van der Waals surface area contributed by atoms with Crippen LogP contribution in [-0.2, 0) is 0 Å². The third-order valence-electron chi connectivity index (χ3n) is 2.20. The van der Waals surface area contributed by atoms with Crippen molar-refractivity contribution in [3.63, 3.8) is 0 Å². The second-order valence-electron chi connectivity index (χ2n) is 3.47. The Hall–Kier alpha value is -0.600. The monoisotopic (exact) mass is 166 g/mol. The van der Waals surface area contributed by atoms with Gasteiger partial charge in [0.2, 0.25) is 0 Å². The van der Waals surface area contributed by atoms with Crippen LogP contribution in [0.4, 0.5) is 0 Å². The first kappa shape index (κ1) is 9.49. The molecule has 0 amide bonds. The van der Waals surface area contributed by atoms with E-state index in [1.54, 1.807) is 0 Å². The van der Waals surface area contributed by atoms with Gasteiger partial charge in [0.1, 0.15) is 0 Å². The topological polar surface area (TPSA) is 52.0 Å². The summed E-state index contributed by atoms with van der Waals surface area (Å²) in [7, 11) is 0. The maximum atomic E-state index is 5.92. The van der Waals surface area contributed by atoms with E-state index in [4.69, 9.17) is 11.5 Å². The summed E-state index contributed by atoms with van der Waals surface area (Å²) >= 11 is 0. The highest BCUT2D eigenvalue weighted by atomic mass is 14.7. The van der Waals surface area contributed by atoms with Crippen molar-refractivity contribution in [1.82, 2.24) is 0 Å². The molecule has 0 spiro atoms. The standard InChI is InChI=1S/C10H18N2/c1-8-3-2-4-9(7-8)10(12)5-6-11/h2,4,7-8,10H,3,5-6,11-12H2,1H3. The summed E-state index contributed by atoms with van der Waals surface area (Å²) in [5.74, 6) is 0.633. The van der Waals surface area contributed by atoms with E-state index in [1.165, 1.54) is 5.57 Å². The molecule has 1 aliphatic carbocycles. The second kappa shape index (κ2) is 4.43. The number of hydrogen-bond donors (Lipinski definition) is 2. The minimum Gasteiger partial charge on any atom is -0.330 e. The van der Waals surface area contributed by atoms with Crippen molar-refractivity contribution in [1.29, 1.82) is 0 Å². The molecule has 2 atom stereocenters. The minimum absolute atomic E-state index is 0.133. The van der Waals surface area contributed by atoms with Crippen LogP contribution in [0.5, 0.6) is 0 Å². The van der Waals surface area contributed by atoms with E-state index in [0.29, 0.717) is 12.5 Å². The Labute approximate surface area is 74.3 Å². The third-order valence-corrected chi connectivity index (χ3v) is 2.20. The van der Waals surface area contributed by atoms with Gasteiger partial charge in [-0.15, -0.1) is 0 Å². The molecule has 0 aromatic carbocycles. The average molecular weight is 166 g/mol. The van der Waals surface area contributed by atoms with Crippen molar-refractivity contribution >= 4 is 0 Å². The highest BCUT2D eigenvalue weighted by Crippen LogP contribution is 2.18. The van der Waals surface area contributed by atoms with Crippen molar-refractivity contribution in [2.75, 3.05) is 6.54 Å². The molecule has 4 N–H and O–H groups in total. The lowest BCUT2D eigenvalue weighted by atomic mass is 9.93. The smallest absolute Gasteiger partial charge is 0.0303 e. The zero-order chi connectivity index (χ0) is 8.97. The molecule has 1 rings (SSSR count). The van der Waals surface area contributed by atoms with Crippen LogP contribution in [-0.4, -0.2) is 12.6 Å². The fourth-order valence-corrected chi connectivity index (χ4v) is 1.46. The Morgan fingerprint density at radius 1 is 1.67 bits per heavy atom. The van der Waals surface area contributed by atoms with Gasteiger partial charge in [0, 0.05) is 6.04 Å².